The van der Waals surface area contributed by atoms with Gasteiger partial charge in [0, 0.05) is 26.2 Å². The summed E-state index contributed by atoms with van der Waals surface area (Å²) < 4.78 is 10.8. The smallest absolute Gasteiger partial charge is 0.228 e. The van der Waals surface area contributed by atoms with Crippen molar-refractivity contribution in [2.24, 2.45) is 5.73 Å². The van der Waals surface area contributed by atoms with Gasteiger partial charge in [0.15, 0.2) is 5.82 Å². The van der Waals surface area contributed by atoms with Gasteiger partial charge in [-0.3, -0.25) is 0 Å². The van der Waals surface area contributed by atoms with E-state index >= 15 is 0 Å². The van der Waals surface area contributed by atoms with Gasteiger partial charge in [0.1, 0.15) is 0 Å². The average molecular weight is 425 g/mol. The number of hydrogen-bond acceptors (Lipinski definition) is 10. The summed E-state index contributed by atoms with van der Waals surface area (Å²) in [6.07, 6.45) is 3.94. The number of ether oxygens (including phenoxy) is 2. The van der Waals surface area contributed by atoms with Crippen LogP contribution in [0.4, 0.5) is 11.9 Å². The second-order valence-corrected chi connectivity index (χ2v) is 7.24. The molecule has 0 saturated carbocycles. The molecule has 5 N–H and O–H groups in total. The molecule has 2 aromatic rings. The van der Waals surface area contributed by atoms with Gasteiger partial charge in [0.2, 0.25) is 11.9 Å². The maximum atomic E-state index is 8.84. The molecule has 0 aliphatic heterocycles. The van der Waals surface area contributed by atoms with E-state index in [-0.39, 0.29) is 6.61 Å². The first-order valence-electron chi connectivity index (χ1n) is 10.1. The number of nitrogens with zero attached hydrogens (tertiary/aromatic N) is 3. The highest BCUT2D eigenvalue weighted by Gasteiger charge is 2.09. The molecule has 0 aliphatic carbocycles. The van der Waals surface area contributed by atoms with Crippen LogP contribution >= 0.6 is 11.3 Å². The van der Waals surface area contributed by atoms with Gasteiger partial charge < -0.3 is 30.9 Å². The molecule has 9 nitrogen and oxygen atoms in total. The van der Waals surface area contributed by atoms with Crippen molar-refractivity contribution in [3.63, 3.8) is 0 Å². The summed E-state index contributed by atoms with van der Waals surface area (Å²) in [5, 5.41) is 17.3. The van der Waals surface area contributed by atoms with Crippen molar-refractivity contribution >= 4 is 23.2 Å². The first-order valence-corrected chi connectivity index (χ1v) is 11.0. The van der Waals surface area contributed by atoms with E-state index in [2.05, 4.69) is 25.6 Å². The molecule has 0 amide bonds. The van der Waals surface area contributed by atoms with Gasteiger partial charge in [-0.05, 0) is 24.3 Å². The Hall–Kier alpha value is -1.85. The highest BCUT2D eigenvalue weighted by atomic mass is 32.1. The van der Waals surface area contributed by atoms with Crippen LogP contribution in [0.3, 0.4) is 0 Å². The van der Waals surface area contributed by atoms with Crippen LogP contribution < -0.4 is 16.4 Å². The molecule has 0 spiro atoms. The third-order valence-electron chi connectivity index (χ3n) is 3.91. The number of rotatable bonds is 17. The number of nitrogens with one attached hydrogen (secondary N) is 2. The number of hydrogen-bond donors (Lipinski definition) is 4. The van der Waals surface area contributed by atoms with Gasteiger partial charge >= 0.3 is 0 Å². The van der Waals surface area contributed by atoms with E-state index in [0.717, 1.165) is 37.1 Å². The van der Waals surface area contributed by atoms with Crippen LogP contribution in [-0.4, -0.2) is 72.7 Å². The molecule has 0 radical (unpaired) electrons. The minimum Gasteiger partial charge on any atom is -0.396 e. The van der Waals surface area contributed by atoms with Crippen molar-refractivity contribution < 1.29 is 14.6 Å². The Balaban J connectivity index is 1.81. The van der Waals surface area contributed by atoms with Gasteiger partial charge in [-0.15, -0.1) is 11.3 Å². The monoisotopic (exact) mass is 424 g/mol. The fraction of sp³-hybridized carbons (Fsp3) is 0.632. The molecule has 2 rings (SSSR count). The van der Waals surface area contributed by atoms with Crippen molar-refractivity contribution in [2.75, 3.05) is 63.3 Å². The van der Waals surface area contributed by atoms with Gasteiger partial charge in [0.25, 0.3) is 0 Å². The zero-order valence-electron chi connectivity index (χ0n) is 16.8. The number of aromatic nitrogens is 3. The maximum Gasteiger partial charge on any atom is 0.228 e. The zero-order chi connectivity index (χ0) is 20.6. The Morgan fingerprint density at radius 1 is 0.897 bits per heavy atom. The minimum absolute atomic E-state index is 0.255. The van der Waals surface area contributed by atoms with Crippen molar-refractivity contribution in [3.05, 3.63) is 17.5 Å². The third kappa shape index (κ3) is 9.95. The zero-order valence-corrected chi connectivity index (χ0v) is 17.6. The molecule has 0 saturated heterocycles. The Labute approximate surface area is 176 Å². The SMILES string of the molecule is NCCOCCOCCNc1nc(NCCCCCCO)nc(-c2cccs2)n1. The summed E-state index contributed by atoms with van der Waals surface area (Å²) >= 11 is 1.59. The Bertz CT molecular complexity index is 659. The van der Waals surface area contributed by atoms with E-state index in [1.807, 2.05) is 17.5 Å². The lowest BCUT2D eigenvalue weighted by atomic mass is 10.2. The van der Waals surface area contributed by atoms with E-state index < -0.39 is 0 Å². The first kappa shape index (κ1) is 23.4. The molecule has 0 atom stereocenters. The predicted octanol–water partition coefficient (Wildman–Crippen LogP) is 1.97. The fourth-order valence-corrected chi connectivity index (χ4v) is 3.14. The van der Waals surface area contributed by atoms with Crippen LogP contribution in [0.2, 0.25) is 0 Å². The van der Waals surface area contributed by atoms with E-state index in [1.165, 1.54) is 0 Å². The molecule has 0 unspecified atom stereocenters. The van der Waals surface area contributed by atoms with Crippen LogP contribution in [-0.2, 0) is 9.47 Å². The van der Waals surface area contributed by atoms with E-state index in [9.17, 15) is 0 Å². The maximum absolute atomic E-state index is 8.84. The highest BCUT2D eigenvalue weighted by molar-refractivity contribution is 7.13. The van der Waals surface area contributed by atoms with E-state index in [1.54, 1.807) is 11.3 Å². The number of thiophene rings is 1. The second-order valence-electron chi connectivity index (χ2n) is 6.29. The number of unbranched alkanes of at least 4 members (excludes halogenated alkanes) is 3. The summed E-state index contributed by atoms with van der Waals surface area (Å²) in [4.78, 5) is 14.5. The van der Waals surface area contributed by atoms with Gasteiger partial charge in [-0.25, -0.2) is 0 Å². The summed E-state index contributed by atoms with van der Waals surface area (Å²) in [5.41, 5.74) is 5.36. The first-order chi connectivity index (χ1) is 14.3. The second kappa shape index (κ2) is 15.1. The molecule has 29 heavy (non-hydrogen) atoms. The van der Waals surface area contributed by atoms with Crippen LogP contribution in [0.25, 0.3) is 10.7 Å². The van der Waals surface area contributed by atoms with Gasteiger partial charge in [-0.2, -0.15) is 15.0 Å². The van der Waals surface area contributed by atoms with Gasteiger partial charge in [-0.1, -0.05) is 18.9 Å². The van der Waals surface area contributed by atoms with Crippen molar-refractivity contribution in [3.8, 4) is 10.7 Å². The van der Waals surface area contributed by atoms with Crippen molar-refractivity contribution in [1.29, 1.82) is 0 Å². The number of anilines is 2. The molecular weight excluding hydrogens is 392 g/mol. The molecule has 0 aromatic carbocycles. The summed E-state index contributed by atoms with van der Waals surface area (Å²) in [6, 6.07) is 3.97. The molecule has 162 valence electrons. The molecule has 0 aliphatic rings. The Morgan fingerprint density at radius 3 is 2.31 bits per heavy atom. The molecule has 2 aromatic heterocycles. The number of aliphatic hydroxyl groups excluding tert-OH is 1. The molecular formula is C19H32N6O3S. The third-order valence-corrected chi connectivity index (χ3v) is 4.77. The van der Waals surface area contributed by atoms with E-state index in [0.29, 0.717) is 57.2 Å². The quantitative estimate of drug-likeness (QED) is 0.282. The largest absolute Gasteiger partial charge is 0.396 e. The summed E-state index contributed by atoms with van der Waals surface area (Å²) in [6.45, 7) is 4.29. The molecule has 0 fully saturated rings. The van der Waals surface area contributed by atoms with Crippen LogP contribution in [0.1, 0.15) is 25.7 Å². The lowest BCUT2D eigenvalue weighted by molar-refractivity contribution is 0.0547. The van der Waals surface area contributed by atoms with Crippen LogP contribution in [0, 0.1) is 0 Å². The van der Waals surface area contributed by atoms with Crippen LogP contribution in [0.5, 0.6) is 0 Å². The standard InChI is InChI=1S/C19H32N6O3S/c20-7-11-27-13-14-28-12-9-22-19-24-17(16-6-5-15-29-16)23-18(25-19)21-8-3-1-2-4-10-26/h5-6,15,26H,1-4,7-14,20H2,(H2,21,22,23,24,25). The highest BCUT2D eigenvalue weighted by Crippen LogP contribution is 2.22. The average Bonchev–Trinajstić information content (AvgIpc) is 3.27. The van der Waals surface area contributed by atoms with Crippen molar-refractivity contribution in [2.45, 2.75) is 25.7 Å². The van der Waals surface area contributed by atoms with Crippen LogP contribution in [0.15, 0.2) is 17.5 Å². The molecule has 0 bridgehead atoms. The Kier molecular flexibility index (Phi) is 12.2. The number of nitrogens with two attached hydrogens (primary N) is 1. The molecule has 2 heterocycles. The summed E-state index contributed by atoms with van der Waals surface area (Å²) in [5.74, 6) is 1.73. The topological polar surface area (TPSA) is 127 Å². The lowest BCUT2D eigenvalue weighted by Crippen LogP contribution is -2.16. The fourth-order valence-electron chi connectivity index (χ4n) is 2.48. The normalized spacial score (nSPS) is 11.0. The lowest BCUT2D eigenvalue weighted by Gasteiger charge is -2.10. The van der Waals surface area contributed by atoms with E-state index in [4.69, 9.17) is 20.3 Å². The predicted molar refractivity (Wildman–Crippen MR) is 116 cm³/mol. The van der Waals surface area contributed by atoms with Crippen molar-refractivity contribution in [1.82, 2.24) is 15.0 Å². The molecule has 10 heteroatoms. The van der Waals surface area contributed by atoms with Gasteiger partial charge in [0.05, 0.1) is 31.3 Å². The number of aliphatic hydroxyl groups is 1. The minimum atomic E-state index is 0.255. The summed E-state index contributed by atoms with van der Waals surface area (Å²) in [7, 11) is 0. The Morgan fingerprint density at radius 2 is 1.62 bits per heavy atom.